The average Bonchev–Trinajstić information content (AvgIpc) is 3.22. The van der Waals surface area contributed by atoms with E-state index in [2.05, 4.69) is 39.4 Å². The highest BCUT2D eigenvalue weighted by atomic mass is 16.5. The van der Waals surface area contributed by atoms with E-state index in [-0.39, 0.29) is 0 Å². The topological polar surface area (TPSA) is 27.7 Å². The minimum absolute atomic E-state index is 0.836. The van der Waals surface area contributed by atoms with Gasteiger partial charge in [-0.1, -0.05) is 24.6 Å². The first-order chi connectivity index (χ1) is 12.4. The standard InChI is InChI=1S/C21H33N3O/c1-4-9-23(10-5-1)11-6-12-25-21-8-3-2-7-18(21)15-24-16-19-13-22-14-20(19)17-24/h2-3,7-8,19-20,22H,1,4-6,9-17H2/t19-,20+. The number of likely N-dealkylation sites (tertiary alicyclic amines) is 2. The van der Waals surface area contributed by atoms with Crippen LogP contribution < -0.4 is 10.1 Å². The molecule has 0 amide bonds. The van der Waals surface area contributed by atoms with Gasteiger partial charge in [-0.25, -0.2) is 0 Å². The Bertz CT molecular complexity index is 532. The molecule has 0 bridgehead atoms. The van der Waals surface area contributed by atoms with Gasteiger partial charge in [0, 0.05) is 31.7 Å². The van der Waals surface area contributed by atoms with E-state index < -0.39 is 0 Å². The van der Waals surface area contributed by atoms with E-state index >= 15 is 0 Å². The smallest absolute Gasteiger partial charge is 0.123 e. The molecule has 0 aliphatic carbocycles. The lowest BCUT2D eigenvalue weighted by Gasteiger charge is -2.26. The molecule has 0 radical (unpaired) electrons. The molecule has 0 saturated carbocycles. The second-order valence-corrected chi connectivity index (χ2v) is 8.08. The summed E-state index contributed by atoms with van der Waals surface area (Å²) in [5.41, 5.74) is 1.36. The van der Waals surface area contributed by atoms with Crippen molar-refractivity contribution in [3.05, 3.63) is 29.8 Å². The molecular weight excluding hydrogens is 310 g/mol. The molecule has 4 heteroatoms. The van der Waals surface area contributed by atoms with E-state index in [1.807, 2.05) is 0 Å². The van der Waals surface area contributed by atoms with E-state index in [0.29, 0.717) is 0 Å². The summed E-state index contributed by atoms with van der Waals surface area (Å²) in [7, 11) is 0. The number of fused-ring (bicyclic) bond motifs is 1. The number of piperidine rings is 1. The third-order valence-electron chi connectivity index (χ3n) is 6.16. The van der Waals surface area contributed by atoms with Crippen molar-refractivity contribution >= 4 is 0 Å². The third-order valence-corrected chi connectivity index (χ3v) is 6.16. The molecule has 0 aromatic heterocycles. The first-order valence-electron chi connectivity index (χ1n) is 10.2. The van der Waals surface area contributed by atoms with Crippen LogP contribution in [0.1, 0.15) is 31.2 Å². The van der Waals surface area contributed by atoms with Crippen LogP contribution in [0.2, 0.25) is 0 Å². The fraction of sp³-hybridized carbons (Fsp3) is 0.714. The van der Waals surface area contributed by atoms with Gasteiger partial charge < -0.3 is 15.0 Å². The summed E-state index contributed by atoms with van der Waals surface area (Å²) in [4.78, 5) is 5.21. The zero-order valence-corrected chi connectivity index (χ0v) is 15.5. The van der Waals surface area contributed by atoms with Crippen LogP contribution >= 0.6 is 0 Å². The first kappa shape index (κ1) is 17.3. The fourth-order valence-electron chi connectivity index (χ4n) is 4.75. The van der Waals surface area contributed by atoms with Crippen molar-refractivity contribution in [2.75, 3.05) is 52.4 Å². The molecule has 1 aromatic carbocycles. The molecule has 0 spiro atoms. The summed E-state index contributed by atoms with van der Waals surface area (Å²) in [6, 6.07) is 8.64. The van der Waals surface area contributed by atoms with Crippen molar-refractivity contribution in [1.82, 2.24) is 15.1 Å². The zero-order chi connectivity index (χ0) is 16.9. The maximum atomic E-state index is 6.17. The van der Waals surface area contributed by atoms with Crippen molar-refractivity contribution in [2.24, 2.45) is 11.8 Å². The normalized spacial score (nSPS) is 27.5. The number of nitrogens with one attached hydrogen (secondary N) is 1. The van der Waals surface area contributed by atoms with Crippen LogP contribution in [-0.4, -0.2) is 62.2 Å². The highest BCUT2D eigenvalue weighted by molar-refractivity contribution is 5.33. The molecule has 0 unspecified atom stereocenters. The number of rotatable bonds is 7. The van der Waals surface area contributed by atoms with Gasteiger partial charge in [-0.3, -0.25) is 4.90 Å². The number of para-hydroxylation sites is 1. The maximum absolute atomic E-state index is 6.17. The molecule has 3 aliphatic rings. The highest BCUT2D eigenvalue weighted by Gasteiger charge is 2.35. The summed E-state index contributed by atoms with van der Waals surface area (Å²) in [6.45, 7) is 10.5. The van der Waals surface area contributed by atoms with E-state index in [0.717, 1.165) is 37.2 Å². The molecule has 138 valence electrons. The second kappa shape index (κ2) is 8.52. The first-order valence-corrected chi connectivity index (χ1v) is 10.2. The van der Waals surface area contributed by atoms with Gasteiger partial charge in [0.1, 0.15) is 5.75 Å². The average molecular weight is 344 g/mol. The Balaban J connectivity index is 1.24. The van der Waals surface area contributed by atoms with Gasteiger partial charge in [-0.2, -0.15) is 0 Å². The molecule has 4 nitrogen and oxygen atoms in total. The highest BCUT2D eigenvalue weighted by Crippen LogP contribution is 2.29. The van der Waals surface area contributed by atoms with Gasteiger partial charge in [0.2, 0.25) is 0 Å². The Kier molecular flexibility index (Phi) is 5.90. The van der Waals surface area contributed by atoms with Crippen molar-refractivity contribution < 1.29 is 4.74 Å². The lowest BCUT2D eigenvalue weighted by Crippen LogP contribution is -2.31. The summed E-state index contributed by atoms with van der Waals surface area (Å²) in [5, 5.41) is 3.53. The SMILES string of the molecule is c1ccc(OCCCN2CCCCC2)c(CN2C[C@H]3CNC[C@H]3C2)c1. The monoisotopic (exact) mass is 343 g/mol. The van der Waals surface area contributed by atoms with Gasteiger partial charge >= 0.3 is 0 Å². The molecule has 3 fully saturated rings. The lowest BCUT2D eigenvalue weighted by atomic mass is 10.0. The second-order valence-electron chi connectivity index (χ2n) is 8.08. The van der Waals surface area contributed by atoms with Gasteiger partial charge in [0.05, 0.1) is 6.61 Å². The van der Waals surface area contributed by atoms with Crippen molar-refractivity contribution in [3.63, 3.8) is 0 Å². The minimum atomic E-state index is 0.836. The predicted octanol–water partition coefficient (Wildman–Crippen LogP) is 2.59. The maximum Gasteiger partial charge on any atom is 0.123 e. The number of ether oxygens (including phenoxy) is 1. The minimum Gasteiger partial charge on any atom is -0.493 e. The van der Waals surface area contributed by atoms with Gasteiger partial charge in [-0.05, 0) is 63.3 Å². The molecule has 3 saturated heterocycles. The zero-order valence-electron chi connectivity index (χ0n) is 15.5. The van der Waals surface area contributed by atoms with Crippen LogP contribution in [0.5, 0.6) is 5.75 Å². The van der Waals surface area contributed by atoms with E-state index in [9.17, 15) is 0 Å². The van der Waals surface area contributed by atoms with Crippen LogP contribution in [0.15, 0.2) is 24.3 Å². The molecule has 4 rings (SSSR count). The Hall–Kier alpha value is -1.10. The largest absolute Gasteiger partial charge is 0.493 e. The summed E-state index contributed by atoms with van der Waals surface area (Å²) >= 11 is 0. The van der Waals surface area contributed by atoms with Crippen LogP contribution in [0.4, 0.5) is 0 Å². The summed E-state index contributed by atoms with van der Waals surface area (Å²) < 4.78 is 6.17. The molecule has 25 heavy (non-hydrogen) atoms. The molecule has 3 heterocycles. The van der Waals surface area contributed by atoms with Crippen LogP contribution in [0.25, 0.3) is 0 Å². The van der Waals surface area contributed by atoms with Gasteiger partial charge in [0.15, 0.2) is 0 Å². The number of hydrogen-bond acceptors (Lipinski definition) is 4. The van der Waals surface area contributed by atoms with E-state index in [1.54, 1.807) is 0 Å². The number of nitrogens with zero attached hydrogens (tertiary/aromatic N) is 2. The summed E-state index contributed by atoms with van der Waals surface area (Å²) in [5.74, 6) is 2.81. The molecule has 3 aliphatic heterocycles. The van der Waals surface area contributed by atoms with Crippen molar-refractivity contribution in [1.29, 1.82) is 0 Å². The van der Waals surface area contributed by atoms with E-state index in [1.165, 1.54) is 70.6 Å². The van der Waals surface area contributed by atoms with Gasteiger partial charge in [0.25, 0.3) is 0 Å². The number of hydrogen-bond donors (Lipinski definition) is 1. The van der Waals surface area contributed by atoms with Gasteiger partial charge in [-0.15, -0.1) is 0 Å². The molecule has 2 atom stereocenters. The predicted molar refractivity (Wildman–Crippen MR) is 102 cm³/mol. The molecule has 1 N–H and O–H groups in total. The third kappa shape index (κ3) is 4.55. The van der Waals surface area contributed by atoms with Crippen molar-refractivity contribution in [3.8, 4) is 5.75 Å². The van der Waals surface area contributed by atoms with E-state index in [4.69, 9.17) is 4.74 Å². The fourth-order valence-corrected chi connectivity index (χ4v) is 4.75. The van der Waals surface area contributed by atoms with Crippen LogP contribution in [0, 0.1) is 11.8 Å². The number of benzene rings is 1. The Morgan fingerprint density at radius 2 is 1.72 bits per heavy atom. The molecule has 1 aromatic rings. The van der Waals surface area contributed by atoms with Crippen LogP contribution in [0.3, 0.4) is 0 Å². The molecular formula is C21H33N3O. The van der Waals surface area contributed by atoms with Crippen molar-refractivity contribution in [2.45, 2.75) is 32.2 Å². The Morgan fingerprint density at radius 1 is 0.960 bits per heavy atom. The Morgan fingerprint density at radius 3 is 2.52 bits per heavy atom. The van der Waals surface area contributed by atoms with Crippen LogP contribution in [-0.2, 0) is 6.54 Å². The Labute approximate surface area is 152 Å². The quantitative estimate of drug-likeness (QED) is 0.770. The lowest BCUT2D eigenvalue weighted by molar-refractivity contribution is 0.203. The summed E-state index contributed by atoms with van der Waals surface area (Å²) in [6.07, 6.45) is 5.29.